The van der Waals surface area contributed by atoms with Crippen LogP contribution < -0.4 is 5.32 Å². The Bertz CT molecular complexity index is 394. The highest BCUT2D eigenvalue weighted by Gasteiger charge is 2.21. The molecule has 0 radical (unpaired) electrons. The first-order chi connectivity index (χ1) is 9.22. The van der Waals surface area contributed by atoms with Crippen LogP contribution in [-0.4, -0.2) is 31.1 Å². The lowest BCUT2D eigenvalue weighted by molar-refractivity contribution is 0.163. The summed E-state index contributed by atoms with van der Waals surface area (Å²) in [6.07, 6.45) is 3.90. The molecule has 1 aromatic rings. The summed E-state index contributed by atoms with van der Waals surface area (Å²) in [5.41, 5.74) is 4.34. The first-order valence-corrected chi connectivity index (χ1v) is 7.74. The van der Waals surface area contributed by atoms with Gasteiger partial charge in [0.2, 0.25) is 0 Å². The van der Waals surface area contributed by atoms with Crippen LogP contribution in [0.3, 0.4) is 0 Å². The van der Waals surface area contributed by atoms with Crippen LogP contribution in [0.15, 0.2) is 18.2 Å². The lowest BCUT2D eigenvalue weighted by Gasteiger charge is -2.35. The van der Waals surface area contributed by atoms with E-state index >= 15 is 0 Å². The molecule has 1 fully saturated rings. The SMILES string of the molecule is CCCC[C@@H](c1ccc(C)c(C)c1)N1CCNCC1. The van der Waals surface area contributed by atoms with Gasteiger partial charge in [-0.3, -0.25) is 4.90 Å². The van der Waals surface area contributed by atoms with Gasteiger partial charge in [0.15, 0.2) is 0 Å². The summed E-state index contributed by atoms with van der Waals surface area (Å²) in [6, 6.07) is 7.63. The van der Waals surface area contributed by atoms with Gasteiger partial charge >= 0.3 is 0 Å². The molecule has 0 bridgehead atoms. The van der Waals surface area contributed by atoms with Gasteiger partial charge in [0.1, 0.15) is 0 Å². The molecule has 2 heteroatoms. The normalized spacial score (nSPS) is 18.5. The minimum atomic E-state index is 0.612. The van der Waals surface area contributed by atoms with Crippen molar-refractivity contribution < 1.29 is 0 Å². The largest absolute Gasteiger partial charge is 0.314 e. The zero-order valence-electron chi connectivity index (χ0n) is 12.7. The lowest BCUT2D eigenvalue weighted by Crippen LogP contribution is -2.45. The minimum Gasteiger partial charge on any atom is -0.314 e. The highest BCUT2D eigenvalue weighted by Crippen LogP contribution is 2.28. The number of unbranched alkanes of at least 4 members (excludes halogenated alkanes) is 1. The van der Waals surface area contributed by atoms with Gasteiger partial charge < -0.3 is 5.32 Å². The Morgan fingerprint density at radius 3 is 2.53 bits per heavy atom. The second kappa shape index (κ2) is 7.06. The Hall–Kier alpha value is -0.860. The van der Waals surface area contributed by atoms with Gasteiger partial charge in [-0.2, -0.15) is 0 Å². The fraction of sp³-hybridized carbons (Fsp3) is 0.647. The van der Waals surface area contributed by atoms with E-state index in [1.165, 1.54) is 49.0 Å². The maximum atomic E-state index is 3.46. The summed E-state index contributed by atoms with van der Waals surface area (Å²) in [7, 11) is 0. The van der Waals surface area contributed by atoms with E-state index in [1.54, 1.807) is 0 Å². The molecule has 1 aromatic carbocycles. The van der Waals surface area contributed by atoms with Gasteiger partial charge in [-0.05, 0) is 37.0 Å². The summed E-state index contributed by atoms with van der Waals surface area (Å²) in [6.45, 7) is 11.3. The van der Waals surface area contributed by atoms with Gasteiger partial charge in [0.25, 0.3) is 0 Å². The molecule has 0 aromatic heterocycles. The Balaban J connectivity index is 2.17. The third kappa shape index (κ3) is 3.80. The van der Waals surface area contributed by atoms with E-state index in [9.17, 15) is 0 Å². The van der Waals surface area contributed by atoms with E-state index in [-0.39, 0.29) is 0 Å². The molecule has 1 N–H and O–H groups in total. The summed E-state index contributed by atoms with van der Waals surface area (Å²) in [5, 5.41) is 3.46. The van der Waals surface area contributed by atoms with Crippen LogP contribution in [0.5, 0.6) is 0 Å². The van der Waals surface area contributed by atoms with Crippen molar-refractivity contribution in [2.75, 3.05) is 26.2 Å². The van der Waals surface area contributed by atoms with Crippen molar-refractivity contribution in [3.63, 3.8) is 0 Å². The van der Waals surface area contributed by atoms with E-state index < -0.39 is 0 Å². The summed E-state index contributed by atoms with van der Waals surface area (Å²) < 4.78 is 0. The Labute approximate surface area is 118 Å². The van der Waals surface area contributed by atoms with Gasteiger partial charge in [-0.25, -0.2) is 0 Å². The van der Waals surface area contributed by atoms with E-state index in [0.29, 0.717) is 6.04 Å². The summed E-state index contributed by atoms with van der Waals surface area (Å²) in [4.78, 5) is 2.66. The van der Waals surface area contributed by atoms with Crippen molar-refractivity contribution in [2.24, 2.45) is 0 Å². The van der Waals surface area contributed by atoms with Crippen LogP contribution in [0.25, 0.3) is 0 Å². The number of rotatable bonds is 5. The Morgan fingerprint density at radius 2 is 1.89 bits per heavy atom. The van der Waals surface area contributed by atoms with Crippen LogP contribution >= 0.6 is 0 Å². The molecule has 2 rings (SSSR count). The van der Waals surface area contributed by atoms with E-state index in [1.807, 2.05) is 0 Å². The fourth-order valence-electron chi connectivity index (χ4n) is 2.92. The number of nitrogens with one attached hydrogen (secondary N) is 1. The molecule has 0 spiro atoms. The van der Waals surface area contributed by atoms with Gasteiger partial charge in [0, 0.05) is 32.2 Å². The standard InChI is InChI=1S/C17H28N2/c1-4-5-6-17(19-11-9-18-10-12-19)16-8-7-14(2)15(3)13-16/h7-8,13,17-18H,4-6,9-12H2,1-3H3/t17-/m0/s1. The van der Waals surface area contributed by atoms with Gasteiger partial charge in [0.05, 0.1) is 0 Å². The maximum Gasteiger partial charge on any atom is 0.0349 e. The van der Waals surface area contributed by atoms with Crippen LogP contribution in [0.4, 0.5) is 0 Å². The predicted octanol–water partition coefficient (Wildman–Crippen LogP) is 3.44. The molecule has 0 unspecified atom stereocenters. The average molecular weight is 260 g/mol. The Kier molecular flexibility index (Phi) is 5.41. The van der Waals surface area contributed by atoms with Gasteiger partial charge in [-0.15, -0.1) is 0 Å². The molecule has 1 atom stereocenters. The average Bonchev–Trinajstić information content (AvgIpc) is 2.44. The molecular weight excluding hydrogens is 232 g/mol. The number of nitrogens with zero attached hydrogens (tertiary/aromatic N) is 1. The number of piperazine rings is 1. The van der Waals surface area contributed by atoms with Crippen molar-refractivity contribution in [3.8, 4) is 0 Å². The molecule has 1 aliphatic heterocycles. The first-order valence-electron chi connectivity index (χ1n) is 7.74. The molecule has 1 heterocycles. The molecule has 0 aliphatic carbocycles. The summed E-state index contributed by atoms with van der Waals surface area (Å²) in [5.74, 6) is 0. The zero-order valence-corrected chi connectivity index (χ0v) is 12.7. The van der Waals surface area contributed by atoms with Crippen molar-refractivity contribution >= 4 is 0 Å². The first kappa shape index (κ1) is 14.5. The molecule has 0 amide bonds. The van der Waals surface area contributed by atoms with Crippen molar-refractivity contribution in [1.82, 2.24) is 10.2 Å². The number of hydrogen-bond donors (Lipinski definition) is 1. The van der Waals surface area contributed by atoms with Crippen LogP contribution in [0.2, 0.25) is 0 Å². The molecule has 1 saturated heterocycles. The summed E-state index contributed by atoms with van der Waals surface area (Å²) >= 11 is 0. The minimum absolute atomic E-state index is 0.612. The monoisotopic (exact) mass is 260 g/mol. The molecule has 2 nitrogen and oxygen atoms in total. The second-order valence-corrected chi connectivity index (χ2v) is 5.79. The second-order valence-electron chi connectivity index (χ2n) is 5.79. The third-order valence-electron chi connectivity index (χ3n) is 4.34. The predicted molar refractivity (Wildman–Crippen MR) is 82.6 cm³/mol. The van der Waals surface area contributed by atoms with Crippen LogP contribution in [0.1, 0.15) is 48.9 Å². The van der Waals surface area contributed by atoms with E-state index in [2.05, 4.69) is 49.2 Å². The van der Waals surface area contributed by atoms with Crippen molar-refractivity contribution in [1.29, 1.82) is 0 Å². The highest BCUT2D eigenvalue weighted by molar-refractivity contribution is 5.31. The number of hydrogen-bond acceptors (Lipinski definition) is 2. The third-order valence-corrected chi connectivity index (χ3v) is 4.34. The lowest BCUT2D eigenvalue weighted by atomic mass is 9.95. The van der Waals surface area contributed by atoms with Crippen molar-refractivity contribution in [3.05, 3.63) is 34.9 Å². The molecule has 19 heavy (non-hydrogen) atoms. The smallest absolute Gasteiger partial charge is 0.0349 e. The van der Waals surface area contributed by atoms with E-state index in [0.717, 1.165) is 13.1 Å². The Morgan fingerprint density at radius 1 is 1.16 bits per heavy atom. The number of aryl methyl sites for hydroxylation is 2. The highest BCUT2D eigenvalue weighted by atomic mass is 15.2. The topological polar surface area (TPSA) is 15.3 Å². The molecule has 1 aliphatic rings. The van der Waals surface area contributed by atoms with Gasteiger partial charge in [-0.1, -0.05) is 38.0 Å². The molecular formula is C17H28N2. The fourth-order valence-corrected chi connectivity index (χ4v) is 2.92. The van der Waals surface area contributed by atoms with Crippen molar-refractivity contribution in [2.45, 2.75) is 46.1 Å². The molecule has 0 saturated carbocycles. The van der Waals surface area contributed by atoms with Crippen LogP contribution in [-0.2, 0) is 0 Å². The molecule has 106 valence electrons. The quantitative estimate of drug-likeness (QED) is 0.872. The zero-order chi connectivity index (χ0) is 13.7. The van der Waals surface area contributed by atoms with E-state index in [4.69, 9.17) is 0 Å². The number of benzene rings is 1. The maximum absolute atomic E-state index is 3.46. The van der Waals surface area contributed by atoms with Crippen LogP contribution in [0, 0.1) is 13.8 Å².